The van der Waals surface area contributed by atoms with Crippen LogP contribution in [0.5, 0.6) is 17.8 Å². The molecule has 0 aliphatic heterocycles. The first-order valence-electron chi connectivity index (χ1n) is 5.41. The molecule has 8 heteroatoms. The Hall–Kier alpha value is -2.38. The first-order valence-corrected chi connectivity index (χ1v) is 5.41. The van der Waals surface area contributed by atoms with Gasteiger partial charge in [0.05, 0.1) is 19.5 Å². The highest BCUT2D eigenvalue weighted by molar-refractivity contribution is 5.28. The van der Waals surface area contributed by atoms with Gasteiger partial charge < -0.3 is 14.8 Å². The Morgan fingerprint density at radius 2 is 2.06 bits per heavy atom. The molecule has 18 heavy (non-hydrogen) atoms. The summed E-state index contributed by atoms with van der Waals surface area (Å²) in [6.07, 6.45) is 3.28. The lowest BCUT2D eigenvalue weighted by atomic mass is 10.6. The molecule has 0 fully saturated rings. The average molecular weight is 250 g/mol. The number of nitrogens with zero attached hydrogens (tertiary/aromatic N) is 5. The molecule has 0 atom stereocenters. The van der Waals surface area contributed by atoms with Crippen LogP contribution in [0.15, 0.2) is 12.4 Å². The van der Waals surface area contributed by atoms with E-state index in [0.717, 1.165) is 0 Å². The summed E-state index contributed by atoms with van der Waals surface area (Å²) in [7, 11) is 3.28. The van der Waals surface area contributed by atoms with Crippen molar-refractivity contribution in [2.24, 2.45) is 7.05 Å². The van der Waals surface area contributed by atoms with Crippen LogP contribution < -0.4 is 14.8 Å². The zero-order valence-electron chi connectivity index (χ0n) is 10.4. The van der Waals surface area contributed by atoms with Crippen molar-refractivity contribution in [1.29, 1.82) is 0 Å². The van der Waals surface area contributed by atoms with E-state index in [1.54, 1.807) is 24.1 Å². The minimum Gasteiger partial charge on any atom is -0.467 e. The van der Waals surface area contributed by atoms with Gasteiger partial charge in [0, 0.05) is 13.6 Å². The van der Waals surface area contributed by atoms with Gasteiger partial charge in [-0.3, -0.25) is 4.68 Å². The topological polar surface area (TPSA) is 87.0 Å². The highest BCUT2D eigenvalue weighted by atomic mass is 16.5. The second-order valence-corrected chi connectivity index (χ2v) is 3.41. The predicted molar refractivity (Wildman–Crippen MR) is 63.8 cm³/mol. The molecule has 0 amide bonds. The van der Waals surface area contributed by atoms with Gasteiger partial charge in [0.15, 0.2) is 5.75 Å². The number of aromatic nitrogens is 5. The monoisotopic (exact) mass is 250 g/mol. The third-order valence-corrected chi connectivity index (χ3v) is 2.00. The third kappa shape index (κ3) is 2.84. The summed E-state index contributed by atoms with van der Waals surface area (Å²) in [6.45, 7) is 2.64. The van der Waals surface area contributed by atoms with Gasteiger partial charge in [-0.05, 0) is 6.92 Å². The molecule has 2 aromatic heterocycles. The summed E-state index contributed by atoms with van der Waals surface area (Å²) in [5.41, 5.74) is 0. The Balaban J connectivity index is 2.23. The Morgan fingerprint density at radius 1 is 1.28 bits per heavy atom. The van der Waals surface area contributed by atoms with Crippen molar-refractivity contribution in [1.82, 2.24) is 24.7 Å². The molecule has 0 aliphatic rings. The smallest absolute Gasteiger partial charge is 0.330 e. The maximum Gasteiger partial charge on any atom is 0.330 e. The lowest BCUT2D eigenvalue weighted by Crippen LogP contribution is -2.06. The fourth-order valence-electron chi connectivity index (χ4n) is 1.27. The minimum atomic E-state index is 0.158. The first kappa shape index (κ1) is 12.1. The van der Waals surface area contributed by atoms with E-state index in [4.69, 9.17) is 9.47 Å². The summed E-state index contributed by atoms with van der Waals surface area (Å²) in [4.78, 5) is 12.1. The number of anilines is 1. The standard InChI is InChI=1S/C10H14N6O2/c1-4-11-8-13-9(17-3)15-10(14-8)18-7-5-12-16(2)6-7/h5-6H,4H2,1-3H3,(H,11,13,14,15). The quantitative estimate of drug-likeness (QED) is 0.841. The van der Waals surface area contributed by atoms with Crippen LogP contribution in [0.1, 0.15) is 6.92 Å². The van der Waals surface area contributed by atoms with Crippen molar-refractivity contribution in [3.05, 3.63) is 12.4 Å². The molecule has 2 rings (SSSR count). The summed E-state index contributed by atoms with van der Waals surface area (Å²) in [5, 5.41) is 6.96. The van der Waals surface area contributed by atoms with Crippen molar-refractivity contribution in [3.63, 3.8) is 0 Å². The number of hydrogen-bond donors (Lipinski definition) is 1. The van der Waals surface area contributed by atoms with E-state index in [9.17, 15) is 0 Å². The number of hydrogen-bond acceptors (Lipinski definition) is 7. The van der Waals surface area contributed by atoms with Crippen LogP contribution in [0.2, 0.25) is 0 Å². The second kappa shape index (κ2) is 5.30. The Kier molecular flexibility index (Phi) is 3.56. The molecule has 2 heterocycles. The number of aryl methyl sites for hydroxylation is 1. The van der Waals surface area contributed by atoms with Crippen molar-refractivity contribution < 1.29 is 9.47 Å². The number of methoxy groups -OCH3 is 1. The maximum absolute atomic E-state index is 5.46. The van der Waals surface area contributed by atoms with Gasteiger partial charge in [-0.25, -0.2) is 0 Å². The summed E-state index contributed by atoms with van der Waals surface area (Å²) in [5.74, 6) is 0.955. The van der Waals surface area contributed by atoms with E-state index in [1.165, 1.54) is 7.11 Å². The van der Waals surface area contributed by atoms with Gasteiger partial charge in [-0.15, -0.1) is 4.98 Å². The van der Waals surface area contributed by atoms with Crippen LogP contribution in [0.4, 0.5) is 5.95 Å². The molecule has 0 aromatic carbocycles. The van der Waals surface area contributed by atoms with Gasteiger partial charge in [-0.1, -0.05) is 0 Å². The Bertz CT molecular complexity index is 527. The number of rotatable bonds is 5. The fraction of sp³-hybridized carbons (Fsp3) is 0.400. The van der Waals surface area contributed by atoms with Crippen LogP contribution in [0.3, 0.4) is 0 Å². The number of ether oxygens (including phenoxy) is 2. The molecule has 96 valence electrons. The fourth-order valence-corrected chi connectivity index (χ4v) is 1.27. The summed E-state index contributed by atoms with van der Waals surface area (Å²) < 4.78 is 12.1. The third-order valence-electron chi connectivity index (χ3n) is 2.00. The van der Waals surface area contributed by atoms with E-state index in [1.807, 2.05) is 6.92 Å². The van der Waals surface area contributed by atoms with Crippen molar-refractivity contribution in [2.75, 3.05) is 19.0 Å². The van der Waals surface area contributed by atoms with Gasteiger partial charge in [0.1, 0.15) is 0 Å². The maximum atomic E-state index is 5.46. The predicted octanol–water partition coefficient (Wildman–Crippen LogP) is 0.838. The van der Waals surface area contributed by atoms with Gasteiger partial charge in [-0.2, -0.15) is 15.1 Å². The molecule has 2 aromatic rings. The minimum absolute atomic E-state index is 0.158. The molecule has 1 N–H and O–H groups in total. The lowest BCUT2D eigenvalue weighted by Gasteiger charge is -2.06. The van der Waals surface area contributed by atoms with Crippen molar-refractivity contribution in [2.45, 2.75) is 6.92 Å². The SMILES string of the molecule is CCNc1nc(OC)nc(Oc2cnn(C)c2)n1. The van der Waals surface area contributed by atoms with Crippen molar-refractivity contribution in [3.8, 4) is 17.8 Å². The second-order valence-electron chi connectivity index (χ2n) is 3.41. The van der Waals surface area contributed by atoms with E-state index >= 15 is 0 Å². The van der Waals surface area contributed by atoms with Crippen LogP contribution in [0.25, 0.3) is 0 Å². The Morgan fingerprint density at radius 3 is 2.67 bits per heavy atom. The van der Waals surface area contributed by atoms with Crippen molar-refractivity contribution >= 4 is 5.95 Å². The normalized spacial score (nSPS) is 10.2. The number of nitrogens with one attached hydrogen (secondary N) is 1. The largest absolute Gasteiger partial charge is 0.467 e. The zero-order valence-corrected chi connectivity index (χ0v) is 10.4. The van der Waals surface area contributed by atoms with Crippen LogP contribution in [-0.4, -0.2) is 38.4 Å². The molecule has 0 spiro atoms. The molecule has 0 unspecified atom stereocenters. The van der Waals surface area contributed by atoms with Gasteiger partial charge in [0.2, 0.25) is 5.95 Å². The highest BCUT2D eigenvalue weighted by Gasteiger charge is 2.09. The highest BCUT2D eigenvalue weighted by Crippen LogP contribution is 2.19. The molecule has 0 saturated carbocycles. The van der Waals surface area contributed by atoms with E-state index in [0.29, 0.717) is 18.2 Å². The van der Waals surface area contributed by atoms with E-state index in [2.05, 4.69) is 25.4 Å². The molecule has 0 saturated heterocycles. The lowest BCUT2D eigenvalue weighted by molar-refractivity contribution is 0.360. The molecular weight excluding hydrogens is 236 g/mol. The van der Waals surface area contributed by atoms with Crippen LogP contribution >= 0.6 is 0 Å². The molecule has 0 bridgehead atoms. The first-order chi connectivity index (χ1) is 8.71. The summed E-state index contributed by atoms with van der Waals surface area (Å²) >= 11 is 0. The molecule has 0 radical (unpaired) electrons. The molecular formula is C10H14N6O2. The molecule has 8 nitrogen and oxygen atoms in total. The van der Waals surface area contributed by atoms with Crippen LogP contribution in [-0.2, 0) is 7.05 Å². The van der Waals surface area contributed by atoms with Gasteiger partial charge in [0.25, 0.3) is 0 Å². The zero-order chi connectivity index (χ0) is 13.0. The average Bonchev–Trinajstić information content (AvgIpc) is 2.75. The van der Waals surface area contributed by atoms with Gasteiger partial charge >= 0.3 is 12.0 Å². The molecule has 0 aliphatic carbocycles. The van der Waals surface area contributed by atoms with Crippen LogP contribution in [0, 0.1) is 0 Å². The Labute approximate surface area is 104 Å². The summed E-state index contributed by atoms with van der Waals surface area (Å²) in [6, 6.07) is 0.352. The van der Waals surface area contributed by atoms with E-state index < -0.39 is 0 Å². The van der Waals surface area contributed by atoms with E-state index in [-0.39, 0.29) is 12.0 Å².